The van der Waals surface area contributed by atoms with Gasteiger partial charge < -0.3 is 85.9 Å². The van der Waals surface area contributed by atoms with Crippen molar-refractivity contribution in [3.8, 4) is 0 Å². The molecule has 0 unspecified atom stereocenters. The lowest BCUT2D eigenvalue weighted by Crippen LogP contribution is -2.61. The smallest absolute Gasteiger partial charge is 0.245 e. The minimum absolute atomic E-state index is 0.0135. The van der Waals surface area contributed by atoms with Crippen molar-refractivity contribution in [1.29, 1.82) is 0 Å². The van der Waals surface area contributed by atoms with Gasteiger partial charge in [0.1, 0.15) is 60.4 Å². The molecule has 0 radical (unpaired) electrons. The van der Waals surface area contributed by atoms with Gasteiger partial charge in [-0.05, 0) is 90.1 Å². The van der Waals surface area contributed by atoms with E-state index in [0.717, 1.165) is 10.8 Å². The van der Waals surface area contributed by atoms with Crippen molar-refractivity contribution in [2.24, 2.45) is 28.1 Å². The second kappa shape index (κ2) is 36.5. The van der Waals surface area contributed by atoms with Gasteiger partial charge in [-0.15, -0.1) is 0 Å². The first kappa shape index (κ1) is 75.6. The van der Waals surface area contributed by atoms with Crippen molar-refractivity contribution in [2.75, 3.05) is 32.7 Å². The number of aliphatic imine (C=N–C) groups is 1. The molecule has 8 rings (SSSR count). The third-order valence-corrected chi connectivity index (χ3v) is 16.8. The van der Waals surface area contributed by atoms with Gasteiger partial charge in [-0.3, -0.25) is 77.1 Å². The molecule has 33 heteroatoms. The Morgan fingerprint density at radius 1 is 0.636 bits per heavy atom. The maximum absolute atomic E-state index is 15.2. The van der Waals surface area contributed by atoms with E-state index < -0.39 is 169 Å². The summed E-state index contributed by atoms with van der Waals surface area (Å²) in [6, 6.07) is 6.43. The number of rotatable bonds is 20. The average Bonchev–Trinajstić information content (AvgIpc) is 1.81. The van der Waals surface area contributed by atoms with Crippen LogP contribution in [0.2, 0.25) is 5.02 Å². The highest BCUT2D eigenvalue weighted by atomic mass is 35.5. The Bertz CT molecular complexity index is 3670. The molecule has 10 atom stereocenters. The van der Waals surface area contributed by atoms with Crippen molar-refractivity contribution in [2.45, 2.75) is 152 Å². The number of pyridine rings is 1. The Kier molecular flexibility index (Phi) is 27.9. The summed E-state index contributed by atoms with van der Waals surface area (Å²) in [6.07, 6.45) is -0.0533. The summed E-state index contributed by atoms with van der Waals surface area (Å²) in [5.74, 6) is -14.2. The molecule has 5 heterocycles. The van der Waals surface area contributed by atoms with Gasteiger partial charge in [0.25, 0.3) is 0 Å². The summed E-state index contributed by atoms with van der Waals surface area (Å²) in [5, 5.41) is 32.8. The number of guanidine groups is 1. The number of halogens is 1. The van der Waals surface area contributed by atoms with E-state index in [9.17, 15) is 52.7 Å². The number of carbonyl (C=O) groups is 14. The van der Waals surface area contributed by atoms with E-state index in [2.05, 4.69) is 73.8 Å². The molecule has 99 heavy (non-hydrogen) atoms. The van der Waals surface area contributed by atoms with Gasteiger partial charge in [0.15, 0.2) is 5.96 Å². The highest BCUT2D eigenvalue weighted by Gasteiger charge is 2.41. The van der Waals surface area contributed by atoms with Gasteiger partial charge >= 0.3 is 0 Å². The number of nitrogens with zero attached hydrogens (tertiary/aromatic N) is 3. The molecule has 3 aromatic carbocycles. The number of benzene rings is 3. The summed E-state index contributed by atoms with van der Waals surface area (Å²) in [5.41, 5.74) is 18.4. The molecule has 32 nitrogen and oxygen atoms in total. The van der Waals surface area contributed by atoms with Crippen LogP contribution in [-0.4, -0.2) is 192 Å². The fourth-order valence-electron chi connectivity index (χ4n) is 11.5. The fraction of sp³-hybridized carbons (Fsp3) is 0.455. The summed E-state index contributed by atoms with van der Waals surface area (Å²) < 4.78 is 0. The lowest BCUT2D eigenvalue weighted by molar-refractivity contribution is -0.142. The number of carbonyl (C=O) groups excluding carboxylic acids is 14. The first-order valence-corrected chi connectivity index (χ1v) is 32.8. The van der Waals surface area contributed by atoms with E-state index in [1.807, 2.05) is 36.4 Å². The predicted octanol–water partition coefficient (Wildman–Crippen LogP) is -3.58. The number of aromatic nitrogens is 1. The molecule has 4 aromatic rings. The van der Waals surface area contributed by atoms with Crippen LogP contribution in [-0.2, 0) is 86.4 Å². The molecule has 1 aromatic heterocycles. The summed E-state index contributed by atoms with van der Waals surface area (Å²) in [4.78, 5) is 209. The second-order valence-electron chi connectivity index (χ2n) is 24.8. The molecule has 4 saturated heterocycles. The summed E-state index contributed by atoms with van der Waals surface area (Å²) in [7, 11) is 0. The largest absolute Gasteiger partial charge is 0.370 e. The van der Waals surface area contributed by atoms with E-state index in [1.54, 1.807) is 50.2 Å². The van der Waals surface area contributed by atoms with Crippen LogP contribution >= 0.6 is 11.6 Å². The van der Waals surface area contributed by atoms with Gasteiger partial charge in [0, 0.05) is 69.8 Å². The van der Waals surface area contributed by atoms with Gasteiger partial charge in [-0.2, -0.15) is 0 Å². The van der Waals surface area contributed by atoms with Crippen LogP contribution in [0.15, 0.2) is 96.2 Å². The zero-order valence-electron chi connectivity index (χ0n) is 55.0. The number of amides is 14. The van der Waals surface area contributed by atoms with Crippen LogP contribution in [0.3, 0.4) is 0 Å². The fourth-order valence-corrected chi connectivity index (χ4v) is 11.6. The number of fused-ring (bicyclic) bond motifs is 24. The van der Waals surface area contributed by atoms with Crippen molar-refractivity contribution in [3.63, 3.8) is 0 Å². The number of nitrogens with two attached hydrogens (primary N) is 3. The maximum Gasteiger partial charge on any atom is 0.245 e. The predicted molar refractivity (Wildman–Crippen MR) is 360 cm³/mol. The maximum atomic E-state index is 15.2. The Balaban J connectivity index is 1.28. The van der Waals surface area contributed by atoms with E-state index in [0.29, 0.717) is 21.7 Å². The molecule has 0 spiro atoms. The van der Waals surface area contributed by atoms with Crippen molar-refractivity contribution < 1.29 is 67.1 Å². The number of hydrogen-bond donors (Lipinski definition) is 15. The van der Waals surface area contributed by atoms with Gasteiger partial charge in [-0.25, -0.2) is 0 Å². The lowest BCUT2D eigenvalue weighted by Gasteiger charge is -2.31. The van der Waals surface area contributed by atoms with E-state index in [1.165, 1.54) is 30.3 Å². The van der Waals surface area contributed by atoms with Crippen LogP contribution < -0.4 is 81.0 Å². The van der Waals surface area contributed by atoms with Gasteiger partial charge in [-0.1, -0.05) is 86.1 Å². The van der Waals surface area contributed by atoms with Crippen LogP contribution in [0.1, 0.15) is 88.8 Å². The Hall–Kier alpha value is -10.8. The van der Waals surface area contributed by atoms with Crippen LogP contribution in [0.5, 0.6) is 0 Å². The van der Waals surface area contributed by atoms with Crippen LogP contribution in [0, 0.1) is 5.92 Å². The molecule has 4 fully saturated rings. The molecular formula is C66H85ClN18O14. The van der Waals surface area contributed by atoms with Crippen LogP contribution in [0.25, 0.3) is 10.8 Å². The first-order chi connectivity index (χ1) is 47.2. The topological polar surface area (TPSA) is 490 Å². The molecule has 4 aliphatic heterocycles. The molecule has 0 saturated carbocycles. The van der Waals surface area contributed by atoms with Crippen LogP contribution in [0.4, 0.5) is 0 Å². The minimum Gasteiger partial charge on any atom is -0.370 e. The third kappa shape index (κ3) is 23.5. The Morgan fingerprint density at radius 2 is 1.27 bits per heavy atom. The van der Waals surface area contributed by atoms with Crippen molar-refractivity contribution >= 4 is 111 Å². The normalized spacial score (nSPS) is 21.8. The molecule has 0 aliphatic carbocycles. The van der Waals surface area contributed by atoms with Gasteiger partial charge in [0.05, 0.1) is 19.4 Å². The molecule has 14 amide bonds. The highest BCUT2D eigenvalue weighted by molar-refractivity contribution is 6.30. The molecular weight excluding hydrogens is 1300 g/mol. The monoisotopic (exact) mass is 1390 g/mol. The lowest BCUT2D eigenvalue weighted by atomic mass is 9.99. The molecule has 2 bridgehead atoms. The SMILES string of the molecule is CC(=O)N[C@H](Cc1ccc2ccccc2c1)C(=O)N[C@H](Cc1ccc(Cl)cc1)C(=O)N[C@H](Cc1cccnc1)C(=O)N[C@H]1CC(=O)NC[C@@H](C(N)=O)NC(=O)[C@@H]2CCCN2C(=O)[C@@H]2CCNC(=O)CNC(=O)C[C@H](NC1=O)C(=O)N[C@H](CCCN=C(N)N)C(=O)N[C@@H](CC(C)C)C(=O)N2. The average molecular weight is 1390 g/mol. The Morgan fingerprint density at radius 3 is 1.95 bits per heavy atom. The highest BCUT2D eigenvalue weighted by Crippen LogP contribution is 2.22. The zero-order chi connectivity index (χ0) is 71.9. The third-order valence-electron chi connectivity index (χ3n) is 16.5. The zero-order valence-corrected chi connectivity index (χ0v) is 55.7. The number of nitrogens with one attached hydrogen (secondary N) is 12. The molecule has 4 aliphatic rings. The van der Waals surface area contributed by atoms with E-state index >= 15 is 14.4 Å². The van der Waals surface area contributed by atoms with Crippen molar-refractivity contribution in [3.05, 3.63) is 113 Å². The minimum atomic E-state index is -2.10. The summed E-state index contributed by atoms with van der Waals surface area (Å²) >= 11 is 6.25. The summed E-state index contributed by atoms with van der Waals surface area (Å²) in [6.45, 7) is 2.86. The first-order valence-electron chi connectivity index (χ1n) is 32.5. The van der Waals surface area contributed by atoms with E-state index in [-0.39, 0.29) is 89.3 Å². The molecule has 530 valence electrons. The number of primary amides is 1. The van der Waals surface area contributed by atoms with E-state index in [4.69, 9.17) is 28.8 Å². The number of hydrogen-bond acceptors (Lipinski definition) is 16. The van der Waals surface area contributed by atoms with Crippen molar-refractivity contribution in [1.82, 2.24) is 73.7 Å². The molecule has 18 N–H and O–H groups in total. The standard InChI is InChI=1S/C66H85ClN18O14/c1-35(2)25-45-58(92)78-44-20-23-72-55(89)34-75-54(88)31-49(62(96)77-43(57(91)79-45)12-7-22-73-66(69)70)83-63(97)50(30-53(87)74-33-51(56(68)90)84-64(98)52-13-8-24-85(52)65(44)99)82-61(95)48(29-39-9-6-21-71-32-39)81-60(94)47(27-37-15-18-42(67)19-16-37)80-59(93)46(76-36(3)86)28-38-14-17-40-10-4-5-11-41(40)26-38/h4-6,9-11,14-19,21,26,32,35,43-52H,7-8,12-13,20,22-25,27-31,33-34H2,1-3H3,(H2,68,90)(H,72,89)(H,74,87)(H,75,88)(H,76,86)(H,77,96)(H,78,92)(H,79,91)(H,80,93)(H,81,94)(H,82,95)(H,83,97)(H,84,98)(H4,69,70,73)/t43-,44+,45+,46-,47-,48-,49+,50+,51+,52+/m1/s1. The van der Waals surface area contributed by atoms with Gasteiger partial charge in [0.2, 0.25) is 82.7 Å². The quantitative estimate of drug-likeness (QED) is 0.0176. The Labute approximate surface area is 575 Å². The second-order valence-corrected chi connectivity index (χ2v) is 25.3.